The van der Waals surface area contributed by atoms with Crippen molar-refractivity contribution in [1.29, 1.82) is 5.26 Å². The molecular formula is C26H31N5O5S. The Bertz CT molecular complexity index is 1400. The van der Waals surface area contributed by atoms with E-state index in [4.69, 9.17) is 4.74 Å². The van der Waals surface area contributed by atoms with Crippen LogP contribution in [0.2, 0.25) is 0 Å². The van der Waals surface area contributed by atoms with Gasteiger partial charge in [-0.1, -0.05) is 12.1 Å². The predicted octanol–water partition coefficient (Wildman–Crippen LogP) is 0.622. The minimum Gasteiger partial charge on any atom is -0.462 e. The van der Waals surface area contributed by atoms with Gasteiger partial charge < -0.3 is 9.64 Å². The number of nitriles is 1. The van der Waals surface area contributed by atoms with Gasteiger partial charge in [0.25, 0.3) is 5.56 Å². The molecule has 37 heavy (non-hydrogen) atoms. The lowest BCUT2D eigenvalue weighted by atomic mass is 10.1. The number of amides is 2. The topological polar surface area (TPSA) is 116 Å². The Labute approximate surface area is 219 Å². The van der Waals surface area contributed by atoms with E-state index < -0.39 is 11.5 Å². The lowest BCUT2D eigenvalue weighted by molar-refractivity contribution is -0.136. The van der Waals surface area contributed by atoms with Crippen molar-refractivity contribution in [2.75, 3.05) is 37.7 Å². The van der Waals surface area contributed by atoms with Crippen LogP contribution in [0.15, 0.2) is 29.1 Å². The van der Waals surface area contributed by atoms with Crippen LogP contribution in [0.3, 0.4) is 0 Å². The summed E-state index contributed by atoms with van der Waals surface area (Å²) in [5, 5.41) is 9.56. The summed E-state index contributed by atoms with van der Waals surface area (Å²) < 4.78 is 6.72. The molecule has 0 spiro atoms. The summed E-state index contributed by atoms with van der Waals surface area (Å²) in [5.41, 5.74) is 0.949. The highest BCUT2D eigenvalue weighted by Gasteiger charge is 2.20. The summed E-state index contributed by atoms with van der Waals surface area (Å²) in [6.45, 7) is 10.3. The molecule has 1 saturated heterocycles. The molecule has 11 heteroatoms. The van der Waals surface area contributed by atoms with E-state index in [1.165, 1.54) is 22.6 Å². The van der Waals surface area contributed by atoms with E-state index in [0.29, 0.717) is 25.3 Å². The second-order valence-corrected chi connectivity index (χ2v) is 9.53. The maximum absolute atomic E-state index is 13.1. The normalized spacial score (nSPS) is 15.2. The highest BCUT2D eigenvalue weighted by molar-refractivity contribution is 7.07. The lowest BCUT2D eigenvalue weighted by Gasteiger charge is -2.34. The van der Waals surface area contributed by atoms with Crippen LogP contribution in [-0.2, 0) is 32.2 Å². The second-order valence-electron chi connectivity index (χ2n) is 8.50. The number of rotatable bonds is 7. The van der Waals surface area contributed by atoms with Crippen LogP contribution in [0.5, 0.6) is 0 Å². The molecule has 3 rings (SSSR count). The van der Waals surface area contributed by atoms with Crippen LogP contribution in [0.25, 0.3) is 11.8 Å². The molecule has 0 unspecified atom stereocenters. The fourth-order valence-corrected chi connectivity index (χ4v) is 5.23. The van der Waals surface area contributed by atoms with Gasteiger partial charge in [-0.2, -0.15) is 5.26 Å². The molecule has 2 amide bonds. The molecule has 1 aliphatic rings. The van der Waals surface area contributed by atoms with Gasteiger partial charge in [-0.05, 0) is 31.5 Å². The van der Waals surface area contributed by atoms with Crippen molar-refractivity contribution in [3.8, 4) is 6.07 Å². The smallest absolute Gasteiger partial charge is 0.351 e. The van der Waals surface area contributed by atoms with E-state index >= 15 is 0 Å². The number of piperazine rings is 1. The molecule has 0 bridgehead atoms. The van der Waals surface area contributed by atoms with Crippen LogP contribution in [0.4, 0.5) is 5.69 Å². The number of thiazole rings is 1. The highest BCUT2D eigenvalue weighted by atomic mass is 32.1. The summed E-state index contributed by atoms with van der Waals surface area (Å²) in [6, 6.07) is 9.36. The molecular weight excluding hydrogens is 494 g/mol. The number of hydrogen-bond acceptors (Lipinski definition) is 8. The lowest BCUT2D eigenvalue weighted by Crippen LogP contribution is -2.47. The molecule has 2 aromatic rings. The zero-order chi connectivity index (χ0) is 27.1. The summed E-state index contributed by atoms with van der Waals surface area (Å²) in [4.78, 5) is 55.1. The summed E-state index contributed by atoms with van der Waals surface area (Å²) in [5.74, 6) is -1.00. The Morgan fingerprint density at radius 3 is 2.43 bits per heavy atom. The maximum atomic E-state index is 13.1. The predicted molar refractivity (Wildman–Crippen MR) is 141 cm³/mol. The Kier molecular flexibility index (Phi) is 9.38. The monoisotopic (exact) mass is 525 g/mol. The van der Waals surface area contributed by atoms with Crippen molar-refractivity contribution in [3.05, 3.63) is 49.4 Å². The van der Waals surface area contributed by atoms with Crippen molar-refractivity contribution >= 4 is 46.6 Å². The van der Waals surface area contributed by atoms with Crippen LogP contribution in [0.1, 0.15) is 33.3 Å². The number of carbonyl (C=O) groups excluding carboxylic acids is 3. The van der Waals surface area contributed by atoms with Gasteiger partial charge in [-0.3, -0.25) is 28.8 Å². The quantitative estimate of drug-likeness (QED) is 0.487. The van der Waals surface area contributed by atoms with Crippen LogP contribution >= 0.6 is 11.3 Å². The molecule has 10 nitrogen and oxygen atoms in total. The first-order valence-electron chi connectivity index (χ1n) is 12.1. The van der Waals surface area contributed by atoms with Gasteiger partial charge in [0.05, 0.1) is 6.61 Å². The van der Waals surface area contributed by atoms with Gasteiger partial charge in [0.1, 0.15) is 15.3 Å². The SMILES string of the molecule is CCOC(=O)/C(C#N)=c1\s/c(=C\N(C(C)=O)c2cccc(CN3CCN(C(C)=O)CC3)c2)c(=O)n1CC. The summed E-state index contributed by atoms with van der Waals surface area (Å²) in [7, 11) is 0. The fraction of sp³-hybridized carbons (Fsp3) is 0.423. The van der Waals surface area contributed by atoms with Gasteiger partial charge in [0.15, 0.2) is 5.57 Å². The van der Waals surface area contributed by atoms with Crippen LogP contribution < -0.4 is 19.7 Å². The number of nitrogens with zero attached hydrogens (tertiary/aromatic N) is 5. The van der Waals surface area contributed by atoms with E-state index in [1.807, 2.05) is 29.2 Å². The molecule has 2 heterocycles. The molecule has 1 aromatic carbocycles. The van der Waals surface area contributed by atoms with E-state index in [1.54, 1.807) is 26.8 Å². The average Bonchev–Trinajstić information content (AvgIpc) is 3.18. The molecule has 0 atom stereocenters. The minimum atomic E-state index is -0.791. The van der Waals surface area contributed by atoms with E-state index in [-0.39, 0.29) is 39.7 Å². The fourth-order valence-electron chi connectivity index (χ4n) is 4.12. The third kappa shape index (κ3) is 6.53. The molecule has 0 radical (unpaired) electrons. The van der Waals surface area contributed by atoms with E-state index in [0.717, 1.165) is 30.0 Å². The third-order valence-corrected chi connectivity index (χ3v) is 7.15. The molecule has 0 aliphatic carbocycles. The number of carbonyl (C=O) groups is 3. The van der Waals surface area contributed by atoms with Crippen molar-refractivity contribution in [1.82, 2.24) is 14.4 Å². The first-order chi connectivity index (χ1) is 17.7. The number of esters is 1. The van der Waals surface area contributed by atoms with E-state index in [2.05, 4.69) is 4.90 Å². The first-order valence-corrected chi connectivity index (χ1v) is 12.9. The standard InChI is InChI=1S/C26H31N5O5S/c1-5-30-24(34)23(37-25(30)22(15-27)26(35)36-6-2)17-31(19(4)33)21-9-7-8-20(14-21)16-28-10-12-29(13-11-28)18(3)32/h7-9,14,17H,5-6,10-13,16H2,1-4H3/b23-17-,25-22-. The third-order valence-electron chi connectivity index (χ3n) is 6.03. The number of anilines is 1. The first kappa shape index (κ1) is 27.8. The molecule has 1 aliphatic heterocycles. The maximum Gasteiger partial charge on any atom is 0.351 e. The number of hydrogen-bond donors (Lipinski definition) is 0. The van der Waals surface area contributed by atoms with Crippen molar-refractivity contribution < 1.29 is 19.1 Å². The number of benzene rings is 1. The molecule has 1 aromatic heterocycles. The average molecular weight is 526 g/mol. The zero-order valence-corrected chi connectivity index (χ0v) is 22.3. The summed E-state index contributed by atoms with van der Waals surface area (Å²) >= 11 is 0.973. The Morgan fingerprint density at radius 2 is 1.86 bits per heavy atom. The van der Waals surface area contributed by atoms with Crippen LogP contribution in [-0.4, -0.2) is 64.9 Å². The van der Waals surface area contributed by atoms with Gasteiger partial charge >= 0.3 is 5.97 Å². The molecule has 0 saturated carbocycles. The Hall–Kier alpha value is -3.75. The van der Waals surface area contributed by atoms with E-state index in [9.17, 15) is 24.4 Å². The van der Waals surface area contributed by atoms with Crippen LogP contribution in [0, 0.1) is 11.3 Å². The van der Waals surface area contributed by atoms with Crippen molar-refractivity contribution in [3.63, 3.8) is 0 Å². The second kappa shape index (κ2) is 12.5. The molecule has 196 valence electrons. The highest BCUT2D eigenvalue weighted by Crippen LogP contribution is 2.19. The number of aromatic nitrogens is 1. The Balaban J connectivity index is 1.98. The largest absolute Gasteiger partial charge is 0.462 e. The number of ether oxygens (including phenoxy) is 1. The van der Waals surface area contributed by atoms with Crippen molar-refractivity contribution in [2.24, 2.45) is 0 Å². The minimum absolute atomic E-state index is 0.0786. The van der Waals surface area contributed by atoms with Gasteiger partial charge in [0.2, 0.25) is 11.8 Å². The van der Waals surface area contributed by atoms with Gasteiger partial charge in [0, 0.05) is 65.0 Å². The molecule has 0 N–H and O–H groups in total. The zero-order valence-electron chi connectivity index (χ0n) is 21.5. The summed E-state index contributed by atoms with van der Waals surface area (Å²) in [6.07, 6.45) is 1.45. The van der Waals surface area contributed by atoms with Gasteiger partial charge in [-0.25, -0.2) is 4.79 Å². The van der Waals surface area contributed by atoms with Crippen molar-refractivity contribution in [2.45, 2.75) is 40.8 Å². The molecule has 1 fully saturated rings. The van der Waals surface area contributed by atoms with Gasteiger partial charge in [-0.15, -0.1) is 11.3 Å². The Morgan fingerprint density at radius 1 is 1.16 bits per heavy atom.